The molecule has 0 fully saturated rings. The quantitative estimate of drug-likeness (QED) is 0.391. The lowest BCUT2D eigenvalue weighted by atomic mass is 10.1. The maximum atomic E-state index is 11.4. The monoisotopic (exact) mass is 292 g/mol. The number of esters is 1. The molecule has 0 aliphatic carbocycles. The van der Waals surface area contributed by atoms with Gasteiger partial charge in [0, 0.05) is 5.69 Å². The van der Waals surface area contributed by atoms with Gasteiger partial charge >= 0.3 is 5.97 Å². The first-order chi connectivity index (χ1) is 9.60. The summed E-state index contributed by atoms with van der Waals surface area (Å²) in [5.41, 5.74) is 1.16. The van der Waals surface area contributed by atoms with Gasteiger partial charge in [0.05, 0.1) is 6.61 Å². The Labute approximate surface area is 121 Å². The smallest absolute Gasteiger partial charge is 0.348 e. The zero-order valence-corrected chi connectivity index (χ0v) is 11.6. The number of carbonyl (C=O) groups excluding carboxylic acids is 2. The Morgan fingerprint density at radius 2 is 2.05 bits per heavy atom. The van der Waals surface area contributed by atoms with Crippen molar-refractivity contribution in [3.05, 3.63) is 35.4 Å². The summed E-state index contributed by atoms with van der Waals surface area (Å²) in [6.45, 7) is 1.88. The van der Waals surface area contributed by atoms with E-state index in [1.165, 1.54) is 6.08 Å². The molecule has 0 saturated carbocycles. The van der Waals surface area contributed by atoms with Crippen molar-refractivity contribution in [3.63, 3.8) is 0 Å². The molecule has 0 saturated heterocycles. The van der Waals surface area contributed by atoms with Gasteiger partial charge < -0.3 is 10.1 Å². The molecule has 6 heteroatoms. The topological polar surface area (TPSA) is 79.2 Å². The summed E-state index contributed by atoms with van der Waals surface area (Å²) in [5, 5.41) is 11.5. The van der Waals surface area contributed by atoms with Crippen LogP contribution in [0.4, 0.5) is 5.69 Å². The van der Waals surface area contributed by atoms with E-state index in [1.807, 2.05) is 0 Å². The van der Waals surface area contributed by atoms with Gasteiger partial charge in [0.25, 0.3) is 0 Å². The number of amides is 1. The van der Waals surface area contributed by atoms with Crippen LogP contribution in [0.1, 0.15) is 12.5 Å². The molecule has 0 atom stereocenters. The summed E-state index contributed by atoms with van der Waals surface area (Å²) in [5.74, 6) is -1.09. The molecule has 1 rings (SSSR count). The molecular weight excluding hydrogens is 280 g/mol. The van der Waals surface area contributed by atoms with E-state index in [0.717, 1.165) is 0 Å². The summed E-state index contributed by atoms with van der Waals surface area (Å²) in [4.78, 5) is 22.5. The second-order valence-electron chi connectivity index (χ2n) is 3.69. The van der Waals surface area contributed by atoms with Gasteiger partial charge in [-0.15, -0.1) is 11.6 Å². The molecule has 1 N–H and O–H groups in total. The van der Waals surface area contributed by atoms with E-state index >= 15 is 0 Å². The van der Waals surface area contributed by atoms with Crippen LogP contribution in [-0.4, -0.2) is 24.4 Å². The molecule has 1 aromatic carbocycles. The van der Waals surface area contributed by atoms with Gasteiger partial charge in [-0.25, -0.2) is 4.79 Å². The first kappa shape index (κ1) is 15.7. The molecule has 0 unspecified atom stereocenters. The minimum absolute atomic E-state index is 0.0793. The third-order valence-electron chi connectivity index (χ3n) is 2.24. The van der Waals surface area contributed by atoms with Crippen LogP contribution in [0.25, 0.3) is 6.08 Å². The van der Waals surface area contributed by atoms with Crippen molar-refractivity contribution in [1.82, 2.24) is 0 Å². The molecule has 5 nitrogen and oxygen atoms in total. The van der Waals surface area contributed by atoms with Crippen molar-refractivity contribution >= 4 is 35.2 Å². The summed E-state index contributed by atoms with van der Waals surface area (Å²) in [6.07, 6.45) is 1.42. The van der Waals surface area contributed by atoms with Gasteiger partial charge in [-0.3, -0.25) is 4.79 Å². The summed E-state index contributed by atoms with van der Waals surface area (Å²) < 4.78 is 4.76. The lowest BCUT2D eigenvalue weighted by Crippen LogP contribution is -2.12. The Morgan fingerprint density at radius 1 is 1.40 bits per heavy atom. The maximum Gasteiger partial charge on any atom is 0.348 e. The molecule has 0 radical (unpaired) electrons. The van der Waals surface area contributed by atoms with Gasteiger partial charge in [0.1, 0.15) is 17.5 Å². The highest BCUT2D eigenvalue weighted by molar-refractivity contribution is 6.29. The number of nitrogens with zero attached hydrogens (tertiary/aromatic N) is 1. The van der Waals surface area contributed by atoms with Crippen LogP contribution in [0.15, 0.2) is 29.8 Å². The lowest BCUT2D eigenvalue weighted by Gasteiger charge is -2.03. The average Bonchev–Trinajstić information content (AvgIpc) is 2.46. The zero-order valence-electron chi connectivity index (χ0n) is 10.9. The zero-order chi connectivity index (χ0) is 15.0. The first-order valence-corrected chi connectivity index (χ1v) is 6.39. The summed E-state index contributed by atoms with van der Waals surface area (Å²) in [7, 11) is 0. The Hall–Kier alpha value is -2.32. The van der Waals surface area contributed by atoms with Gasteiger partial charge in [-0.1, -0.05) is 12.1 Å². The Morgan fingerprint density at radius 3 is 2.55 bits per heavy atom. The van der Waals surface area contributed by atoms with Gasteiger partial charge in [0.2, 0.25) is 5.91 Å². The van der Waals surface area contributed by atoms with E-state index < -0.39 is 5.97 Å². The van der Waals surface area contributed by atoms with Crippen LogP contribution >= 0.6 is 11.6 Å². The van der Waals surface area contributed by atoms with Crippen LogP contribution in [0.5, 0.6) is 0 Å². The Bertz CT molecular complexity index is 559. The minimum atomic E-state index is -0.658. The number of ether oxygens (including phenoxy) is 1. The Kier molecular flexibility index (Phi) is 6.27. The number of nitriles is 1. The standard InChI is InChI=1S/C14H13ClN2O3/c1-2-20-14(19)11(9-16)7-10-3-5-12(6-4-10)17-13(18)8-15/h3-7H,2,8H2,1H3,(H,17,18)/b11-7-. The molecule has 0 bridgehead atoms. The number of hydrogen-bond acceptors (Lipinski definition) is 4. The first-order valence-electron chi connectivity index (χ1n) is 5.85. The number of halogens is 1. The third kappa shape index (κ3) is 4.75. The Balaban J connectivity index is 2.85. The molecule has 0 spiro atoms. The average molecular weight is 293 g/mol. The van der Waals surface area contributed by atoms with Gasteiger partial charge in [-0.2, -0.15) is 5.26 Å². The van der Waals surface area contributed by atoms with Crippen molar-refractivity contribution in [2.45, 2.75) is 6.92 Å². The predicted molar refractivity (Wildman–Crippen MR) is 76.0 cm³/mol. The second kappa shape index (κ2) is 7.97. The highest BCUT2D eigenvalue weighted by Crippen LogP contribution is 2.13. The number of anilines is 1. The van der Waals surface area contributed by atoms with Crippen LogP contribution in [0.2, 0.25) is 0 Å². The number of rotatable bonds is 5. The molecule has 0 heterocycles. The molecule has 0 aliphatic heterocycles. The fourth-order valence-corrected chi connectivity index (χ4v) is 1.44. The summed E-state index contributed by atoms with van der Waals surface area (Å²) in [6, 6.07) is 8.42. The molecular formula is C14H13ClN2O3. The second-order valence-corrected chi connectivity index (χ2v) is 3.96. The number of alkyl halides is 1. The lowest BCUT2D eigenvalue weighted by molar-refractivity contribution is -0.137. The van der Waals surface area contributed by atoms with Crippen LogP contribution in [-0.2, 0) is 14.3 Å². The van der Waals surface area contributed by atoms with Crippen molar-refractivity contribution in [3.8, 4) is 6.07 Å². The minimum Gasteiger partial charge on any atom is -0.462 e. The largest absolute Gasteiger partial charge is 0.462 e. The fraction of sp³-hybridized carbons (Fsp3) is 0.214. The van der Waals surface area contributed by atoms with Crippen LogP contribution < -0.4 is 5.32 Å². The number of carbonyl (C=O) groups is 2. The van der Waals surface area contributed by atoms with E-state index in [9.17, 15) is 9.59 Å². The highest BCUT2D eigenvalue weighted by atomic mass is 35.5. The predicted octanol–water partition coefficient (Wildman–Crippen LogP) is 2.33. The van der Waals surface area contributed by atoms with E-state index in [-0.39, 0.29) is 24.0 Å². The van der Waals surface area contributed by atoms with Crippen molar-refractivity contribution < 1.29 is 14.3 Å². The normalized spacial score (nSPS) is 10.6. The van der Waals surface area contributed by atoms with Gasteiger partial charge in [-0.05, 0) is 30.7 Å². The molecule has 0 aliphatic rings. The van der Waals surface area contributed by atoms with Crippen LogP contribution in [0, 0.1) is 11.3 Å². The molecule has 1 amide bonds. The number of nitrogens with one attached hydrogen (secondary N) is 1. The number of hydrogen-bond donors (Lipinski definition) is 1. The third-order valence-corrected chi connectivity index (χ3v) is 2.49. The van der Waals surface area contributed by atoms with Crippen molar-refractivity contribution in [1.29, 1.82) is 5.26 Å². The van der Waals surface area contributed by atoms with E-state index in [1.54, 1.807) is 37.3 Å². The fourth-order valence-electron chi connectivity index (χ4n) is 1.37. The van der Waals surface area contributed by atoms with E-state index in [2.05, 4.69) is 5.32 Å². The molecule has 20 heavy (non-hydrogen) atoms. The number of benzene rings is 1. The molecule has 0 aromatic heterocycles. The summed E-state index contributed by atoms with van der Waals surface area (Å²) >= 11 is 5.38. The SMILES string of the molecule is CCOC(=O)/C(C#N)=C\c1ccc(NC(=O)CCl)cc1. The van der Waals surface area contributed by atoms with Crippen molar-refractivity contribution in [2.24, 2.45) is 0 Å². The van der Waals surface area contributed by atoms with Crippen molar-refractivity contribution in [2.75, 3.05) is 17.8 Å². The van der Waals surface area contributed by atoms with E-state index in [4.69, 9.17) is 21.6 Å². The molecule has 1 aromatic rings. The maximum absolute atomic E-state index is 11.4. The highest BCUT2D eigenvalue weighted by Gasteiger charge is 2.09. The van der Waals surface area contributed by atoms with E-state index in [0.29, 0.717) is 11.3 Å². The molecule has 104 valence electrons. The van der Waals surface area contributed by atoms with Gasteiger partial charge in [0.15, 0.2) is 0 Å². The van der Waals surface area contributed by atoms with Crippen LogP contribution in [0.3, 0.4) is 0 Å².